The van der Waals surface area contributed by atoms with Crippen LogP contribution in [-0.2, 0) is 11.2 Å². The van der Waals surface area contributed by atoms with E-state index in [9.17, 15) is 0 Å². The molecule has 0 heterocycles. The third-order valence-electron chi connectivity index (χ3n) is 1.49. The summed E-state index contributed by atoms with van der Waals surface area (Å²) in [5.41, 5.74) is 5.61. The van der Waals surface area contributed by atoms with Gasteiger partial charge in [0.1, 0.15) is 0 Å². The fourth-order valence-electron chi connectivity index (χ4n) is 1.09. The summed E-state index contributed by atoms with van der Waals surface area (Å²) in [6, 6.07) is 10.6. The highest BCUT2D eigenvalue weighted by Gasteiger charge is 1.94. The molecule has 0 spiro atoms. The number of amides is 1. The van der Waals surface area contributed by atoms with Gasteiger partial charge in [0.15, 0.2) is 0 Å². The van der Waals surface area contributed by atoms with E-state index in [2.05, 4.69) is 49.9 Å². The lowest BCUT2D eigenvalue weighted by Gasteiger charge is -2.02. The summed E-state index contributed by atoms with van der Waals surface area (Å²) < 4.78 is 0. The second-order valence-electron chi connectivity index (χ2n) is 3.22. The Morgan fingerprint density at radius 1 is 1.31 bits per heavy atom. The van der Waals surface area contributed by atoms with Gasteiger partial charge in [0, 0.05) is 0 Å². The van der Waals surface area contributed by atoms with E-state index < -0.39 is 0 Å². The zero-order chi connectivity index (χ0) is 10.1. The minimum atomic E-state index is 0.250. The molecule has 1 rings (SSSR count). The molecule has 1 amide bonds. The first kappa shape index (κ1) is 11.7. The van der Waals surface area contributed by atoms with Crippen molar-refractivity contribution in [2.24, 2.45) is 11.7 Å². The molecule has 72 valence electrons. The zero-order valence-electron chi connectivity index (χ0n) is 8.23. The van der Waals surface area contributed by atoms with Crippen molar-refractivity contribution in [1.29, 1.82) is 0 Å². The van der Waals surface area contributed by atoms with Gasteiger partial charge < -0.3 is 5.73 Å². The summed E-state index contributed by atoms with van der Waals surface area (Å²) in [5.74, 6) is 0.766. The van der Waals surface area contributed by atoms with Crippen LogP contribution in [0.4, 0.5) is 0 Å². The third-order valence-corrected chi connectivity index (χ3v) is 1.49. The standard InChI is InChI=1S/C10H14.CH3NO/c1-9(2)8-10-6-4-3-5-7-10;2-1-3/h3-7,9H,8H2,1-2H3;1H,(H2,2,3). The van der Waals surface area contributed by atoms with Crippen LogP contribution in [0.5, 0.6) is 0 Å². The largest absolute Gasteiger partial charge is 0.372 e. The lowest BCUT2D eigenvalue weighted by molar-refractivity contribution is -0.106. The molecule has 2 heteroatoms. The van der Waals surface area contributed by atoms with Gasteiger partial charge in [-0.2, -0.15) is 0 Å². The minimum absolute atomic E-state index is 0.250. The smallest absolute Gasteiger partial charge is 0.204 e. The first-order valence-electron chi connectivity index (χ1n) is 4.40. The van der Waals surface area contributed by atoms with Crippen LogP contribution in [0.3, 0.4) is 0 Å². The average Bonchev–Trinajstić information content (AvgIpc) is 2.06. The van der Waals surface area contributed by atoms with Crippen molar-refractivity contribution in [1.82, 2.24) is 0 Å². The maximum absolute atomic E-state index is 8.58. The van der Waals surface area contributed by atoms with E-state index in [0.29, 0.717) is 0 Å². The van der Waals surface area contributed by atoms with Gasteiger partial charge in [-0.05, 0) is 17.9 Å². The normalized spacial score (nSPS) is 8.85. The maximum Gasteiger partial charge on any atom is 0.204 e. The SMILES string of the molecule is CC(C)Cc1ccccc1.NC=O. The molecule has 0 aliphatic heterocycles. The molecule has 0 saturated carbocycles. The summed E-state index contributed by atoms with van der Waals surface area (Å²) in [7, 11) is 0. The Hall–Kier alpha value is -1.31. The van der Waals surface area contributed by atoms with E-state index in [4.69, 9.17) is 4.79 Å². The lowest BCUT2D eigenvalue weighted by Crippen LogP contribution is -1.92. The first-order chi connectivity index (χ1) is 6.20. The van der Waals surface area contributed by atoms with Crippen molar-refractivity contribution >= 4 is 6.41 Å². The Morgan fingerprint density at radius 3 is 2.15 bits per heavy atom. The molecule has 13 heavy (non-hydrogen) atoms. The zero-order valence-corrected chi connectivity index (χ0v) is 8.23. The molecule has 0 radical (unpaired) electrons. The predicted octanol–water partition coefficient (Wildman–Crippen LogP) is 1.99. The Kier molecular flexibility index (Phi) is 6.60. The fourth-order valence-corrected chi connectivity index (χ4v) is 1.09. The van der Waals surface area contributed by atoms with Gasteiger partial charge in [-0.25, -0.2) is 0 Å². The molecule has 0 bridgehead atoms. The molecule has 0 aromatic heterocycles. The van der Waals surface area contributed by atoms with E-state index >= 15 is 0 Å². The molecule has 0 aliphatic rings. The number of nitrogens with two attached hydrogens (primary N) is 1. The Bertz CT molecular complexity index is 219. The molecule has 0 fully saturated rings. The number of hydrogen-bond acceptors (Lipinski definition) is 1. The van der Waals surface area contributed by atoms with Gasteiger partial charge in [-0.1, -0.05) is 44.2 Å². The highest BCUT2D eigenvalue weighted by Crippen LogP contribution is 2.05. The number of carbonyl (C=O) groups is 1. The van der Waals surface area contributed by atoms with Crippen LogP contribution in [-0.4, -0.2) is 6.41 Å². The van der Waals surface area contributed by atoms with E-state index in [1.165, 1.54) is 12.0 Å². The van der Waals surface area contributed by atoms with Crippen LogP contribution in [0.25, 0.3) is 0 Å². The van der Waals surface area contributed by atoms with Crippen molar-refractivity contribution in [2.45, 2.75) is 20.3 Å². The number of carbonyl (C=O) groups excluding carboxylic acids is 1. The molecule has 0 atom stereocenters. The quantitative estimate of drug-likeness (QED) is 0.693. The van der Waals surface area contributed by atoms with Gasteiger partial charge in [0.05, 0.1) is 0 Å². The Balaban J connectivity index is 0.000000424. The van der Waals surface area contributed by atoms with Crippen LogP contribution in [0.2, 0.25) is 0 Å². The van der Waals surface area contributed by atoms with Gasteiger partial charge in [-0.3, -0.25) is 4.79 Å². The van der Waals surface area contributed by atoms with E-state index in [1.54, 1.807) is 0 Å². The van der Waals surface area contributed by atoms with Crippen molar-refractivity contribution in [3.05, 3.63) is 35.9 Å². The van der Waals surface area contributed by atoms with E-state index in [-0.39, 0.29) is 6.41 Å². The van der Waals surface area contributed by atoms with Gasteiger partial charge in [-0.15, -0.1) is 0 Å². The number of rotatable bonds is 2. The van der Waals surface area contributed by atoms with Crippen molar-refractivity contribution < 1.29 is 4.79 Å². The average molecular weight is 179 g/mol. The molecule has 2 N–H and O–H groups in total. The van der Waals surface area contributed by atoms with E-state index in [1.807, 2.05) is 0 Å². The highest BCUT2D eigenvalue weighted by molar-refractivity contribution is 5.42. The van der Waals surface area contributed by atoms with E-state index in [0.717, 1.165) is 5.92 Å². The third kappa shape index (κ3) is 7.06. The van der Waals surface area contributed by atoms with Crippen molar-refractivity contribution in [2.75, 3.05) is 0 Å². The van der Waals surface area contributed by atoms with Crippen molar-refractivity contribution in [3.63, 3.8) is 0 Å². The molecule has 0 unspecified atom stereocenters. The Labute approximate surface area is 79.8 Å². The second kappa shape index (κ2) is 7.35. The van der Waals surface area contributed by atoms with Crippen LogP contribution >= 0.6 is 0 Å². The number of primary amides is 1. The molecule has 0 aliphatic carbocycles. The van der Waals surface area contributed by atoms with Gasteiger partial charge >= 0.3 is 0 Å². The topological polar surface area (TPSA) is 43.1 Å². The van der Waals surface area contributed by atoms with Gasteiger partial charge in [0.25, 0.3) is 0 Å². The summed E-state index contributed by atoms with van der Waals surface area (Å²) in [4.78, 5) is 8.58. The number of benzene rings is 1. The Morgan fingerprint density at radius 2 is 1.77 bits per heavy atom. The van der Waals surface area contributed by atoms with Crippen molar-refractivity contribution in [3.8, 4) is 0 Å². The molecule has 2 nitrogen and oxygen atoms in total. The molecular formula is C11H17NO. The molecule has 1 aromatic carbocycles. The lowest BCUT2D eigenvalue weighted by atomic mass is 10.0. The van der Waals surface area contributed by atoms with Crippen LogP contribution < -0.4 is 5.73 Å². The second-order valence-corrected chi connectivity index (χ2v) is 3.22. The monoisotopic (exact) mass is 179 g/mol. The van der Waals surface area contributed by atoms with Crippen LogP contribution in [0, 0.1) is 5.92 Å². The maximum atomic E-state index is 8.58. The molecule has 0 saturated heterocycles. The van der Waals surface area contributed by atoms with Crippen LogP contribution in [0.1, 0.15) is 19.4 Å². The minimum Gasteiger partial charge on any atom is -0.372 e. The highest BCUT2D eigenvalue weighted by atomic mass is 16.1. The summed E-state index contributed by atoms with van der Waals surface area (Å²) in [6.07, 6.45) is 1.45. The predicted molar refractivity (Wildman–Crippen MR) is 55.2 cm³/mol. The summed E-state index contributed by atoms with van der Waals surface area (Å²) in [5, 5.41) is 0. The molecule has 1 aromatic rings. The van der Waals surface area contributed by atoms with Crippen LogP contribution in [0.15, 0.2) is 30.3 Å². The van der Waals surface area contributed by atoms with Gasteiger partial charge in [0.2, 0.25) is 6.41 Å². The first-order valence-corrected chi connectivity index (χ1v) is 4.40. The summed E-state index contributed by atoms with van der Waals surface area (Å²) in [6.45, 7) is 4.49. The number of hydrogen-bond donors (Lipinski definition) is 1. The fraction of sp³-hybridized carbons (Fsp3) is 0.364. The molecular weight excluding hydrogens is 162 g/mol. The summed E-state index contributed by atoms with van der Waals surface area (Å²) >= 11 is 0.